The third-order valence-electron chi connectivity index (χ3n) is 4.27. The number of hydrogen-bond donors (Lipinski definition) is 1. The predicted octanol–water partition coefficient (Wildman–Crippen LogP) is 5.32. The zero-order valence-electron chi connectivity index (χ0n) is 17.6. The number of carboxylic acids is 1. The van der Waals surface area contributed by atoms with E-state index in [1.807, 2.05) is 48.5 Å². The largest absolute Gasteiger partial charge is 0.481 e. The normalized spacial score (nSPS) is 11.8. The van der Waals surface area contributed by atoms with Crippen molar-refractivity contribution in [2.45, 2.75) is 4.90 Å². The summed E-state index contributed by atoms with van der Waals surface area (Å²) in [5.41, 5.74) is 2.80. The van der Waals surface area contributed by atoms with E-state index in [0.717, 1.165) is 31.4 Å². The lowest BCUT2D eigenvalue weighted by molar-refractivity contribution is -0.139. The Hall–Kier alpha value is -2.50. The van der Waals surface area contributed by atoms with Crippen molar-refractivity contribution in [3.8, 4) is 11.5 Å². The van der Waals surface area contributed by atoms with Crippen LogP contribution in [0, 0.1) is 3.57 Å². The lowest BCUT2D eigenvalue weighted by Gasteiger charge is -2.11. The fraction of sp³-hybridized carbons (Fsp3) is 0.125. The highest BCUT2D eigenvalue weighted by Gasteiger charge is 2.10. The third-order valence-corrected chi connectivity index (χ3v) is 6.53. The molecule has 0 saturated heterocycles. The maximum Gasteiger partial charge on any atom is 0.341 e. The van der Waals surface area contributed by atoms with Gasteiger partial charge in [-0.25, -0.2) is 4.79 Å². The Kier molecular flexibility index (Phi) is 8.81. The van der Waals surface area contributed by atoms with Gasteiger partial charge in [0.15, 0.2) is 6.61 Å². The van der Waals surface area contributed by atoms with E-state index in [1.165, 1.54) is 0 Å². The van der Waals surface area contributed by atoms with E-state index in [4.69, 9.17) is 14.0 Å². The molecule has 3 aromatic carbocycles. The summed E-state index contributed by atoms with van der Waals surface area (Å²) in [6, 6.07) is 22.4. The van der Waals surface area contributed by atoms with Crippen LogP contribution in [0.3, 0.4) is 0 Å². The molecular formula is C24H21IO6S2. The molecule has 0 bridgehead atoms. The second-order valence-corrected chi connectivity index (χ2v) is 10.7. The van der Waals surface area contributed by atoms with Crippen LogP contribution >= 0.6 is 34.4 Å². The molecule has 3 rings (SSSR count). The number of carbonyl (C=O) groups is 1. The monoisotopic (exact) mass is 596 g/mol. The van der Waals surface area contributed by atoms with E-state index in [-0.39, 0.29) is 12.4 Å². The molecule has 0 heterocycles. The van der Waals surface area contributed by atoms with Crippen LogP contribution in [0.25, 0.3) is 5.57 Å². The molecule has 0 aliphatic carbocycles. The fourth-order valence-electron chi connectivity index (χ4n) is 2.96. The molecule has 0 radical (unpaired) electrons. The van der Waals surface area contributed by atoms with E-state index in [1.54, 1.807) is 36.0 Å². The van der Waals surface area contributed by atoms with Gasteiger partial charge in [0.1, 0.15) is 11.5 Å². The van der Waals surface area contributed by atoms with Crippen LogP contribution in [0.1, 0.15) is 11.1 Å². The van der Waals surface area contributed by atoms with Gasteiger partial charge in [-0.05, 0) is 69.6 Å². The molecule has 0 unspecified atom stereocenters. The number of ether oxygens (including phenoxy) is 1. The van der Waals surface area contributed by atoms with Crippen LogP contribution < -0.4 is 8.92 Å². The van der Waals surface area contributed by atoms with Gasteiger partial charge < -0.3 is 14.0 Å². The first-order chi connectivity index (χ1) is 15.7. The Morgan fingerprint density at radius 3 is 2.42 bits per heavy atom. The van der Waals surface area contributed by atoms with Crippen LogP contribution in [0.5, 0.6) is 11.5 Å². The molecule has 172 valence electrons. The first-order valence-corrected chi connectivity index (χ1v) is 13.6. The van der Waals surface area contributed by atoms with Crippen molar-refractivity contribution in [3.05, 3.63) is 93.6 Å². The quantitative estimate of drug-likeness (QED) is 0.193. The molecule has 1 N–H and O–H groups in total. The van der Waals surface area contributed by atoms with Gasteiger partial charge in [-0.15, -0.1) is 11.8 Å². The molecule has 0 amide bonds. The molecule has 0 aliphatic heterocycles. The van der Waals surface area contributed by atoms with E-state index in [9.17, 15) is 13.2 Å². The second kappa shape index (κ2) is 11.6. The van der Waals surface area contributed by atoms with E-state index >= 15 is 0 Å². The molecule has 0 aromatic heterocycles. The van der Waals surface area contributed by atoms with Crippen LogP contribution in [-0.4, -0.2) is 38.1 Å². The smallest absolute Gasteiger partial charge is 0.341 e. The van der Waals surface area contributed by atoms with E-state index < -0.39 is 16.1 Å². The highest BCUT2D eigenvalue weighted by molar-refractivity contribution is 14.1. The molecule has 9 heteroatoms. The number of hydrogen-bond acceptors (Lipinski definition) is 6. The number of benzene rings is 3. The fourth-order valence-corrected chi connectivity index (χ4v) is 5.10. The summed E-state index contributed by atoms with van der Waals surface area (Å²) >= 11 is 3.74. The van der Waals surface area contributed by atoms with Crippen molar-refractivity contribution < 1.29 is 27.2 Å². The first kappa shape index (κ1) is 25.1. The van der Waals surface area contributed by atoms with Gasteiger partial charge in [-0.2, -0.15) is 8.42 Å². The molecule has 3 aromatic rings. The summed E-state index contributed by atoms with van der Waals surface area (Å²) in [5, 5.41) is 8.77. The number of carboxylic acid groups (broad SMARTS) is 1. The number of rotatable bonds is 10. The first-order valence-electron chi connectivity index (χ1n) is 9.74. The average molecular weight is 596 g/mol. The molecule has 0 saturated carbocycles. The average Bonchev–Trinajstić information content (AvgIpc) is 2.75. The van der Waals surface area contributed by atoms with Gasteiger partial charge in [-0.3, -0.25) is 0 Å². The van der Waals surface area contributed by atoms with Crippen LogP contribution in [0.4, 0.5) is 0 Å². The van der Waals surface area contributed by atoms with Gasteiger partial charge in [0.05, 0.1) is 9.83 Å². The maximum atomic E-state index is 11.5. The minimum absolute atomic E-state index is 0.260. The highest BCUT2D eigenvalue weighted by atomic mass is 127. The zero-order valence-corrected chi connectivity index (χ0v) is 21.4. The Labute approximate surface area is 210 Å². The summed E-state index contributed by atoms with van der Waals surface area (Å²) in [7, 11) is -3.62. The minimum atomic E-state index is -3.62. The Morgan fingerprint density at radius 2 is 1.76 bits per heavy atom. The van der Waals surface area contributed by atoms with Crippen LogP contribution in [0.2, 0.25) is 0 Å². The SMILES string of the molecule is CS(=O)(=O)Oc1cccc(C(=CCSc2ccc(OCC(=O)O)c(I)c2)c2ccccc2)c1. The number of aliphatic carboxylic acids is 1. The molecule has 33 heavy (non-hydrogen) atoms. The molecule has 0 aliphatic rings. The van der Waals surface area contributed by atoms with Gasteiger partial charge in [0.25, 0.3) is 0 Å². The number of thioether (sulfide) groups is 1. The molecule has 0 spiro atoms. The Balaban J connectivity index is 1.82. The summed E-state index contributed by atoms with van der Waals surface area (Å²) in [5.74, 6) is 0.433. The molecule has 6 nitrogen and oxygen atoms in total. The van der Waals surface area contributed by atoms with Gasteiger partial charge in [0, 0.05) is 10.6 Å². The number of halogens is 1. The second-order valence-electron chi connectivity index (χ2n) is 6.88. The minimum Gasteiger partial charge on any atom is -0.481 e. The molecule has 0 atom stereocenters. The zero-order chi connectivity index (χ0) is 23.8. The summed E-state index contributed by atoms with van der Waals surface area (Å²) in [4.78, 5) is 11.7. The van der Waals surface area contributed by atoms with Gasteiger partial charge >= 0.3 is 16.1 Å². The predicted molar refractivity (Wildman–Crippen MR) is 138 cm³/mol. The lowest BCUT2D eigenvalue weighted by atomic mass is 9.98. The van der Waals surface area contributed by atoms with Crippen molar-refractivity contribution in [1.29, 1.82) is 0 Å². The topological polar surface area (TPSA) is 89.9 Å². The van der Waals surface area contributed by atoms with Crippen molar-refractivity contribution in [3.63, 3.8) is 0 Å². The van der Waals surface area contributed by atoms with Crippen LogP contribution in [0.15, 0.2) is 83.8 Å². The summed E-state index contributed by atoms with van der Waals surface area (Å²) in [6.45, 7) is -0.381. The van der Waals surface area contributed by atoms with Crippen molar-refractivity contribution in [2.24, 2.45) is 0 Å². The van der Waals surface area contributed by atoms with Gasteiger partial charge in [-0.1, -0.05) is 48.5 Å². The molecule has 0 fully saturated rings. The van der Waals surface area contributed by atoms with Crippen molar-refractivity contribution in [2.75, 3.05) is 18.6 Å². The Bertz CT molecular complexity index is 1260. The highest BCUT2D eigenvalue weighted by Crippen LogP contribution is 2.30. The van der Waals surface area contributed by atoms with Gasteiger partial charge in [0.2, 0.25) is 0 Å². The summed E-state index contributed by atoms with van der Waals surface area (Å²) < 4.78 is 34.2. The van der Waals surface area contributed by atoms with E-state index in [0.29, 0.717) is 11.5 Å². The molecular weight excluding hydrogens is 575 g/mol. The summed E-state index contributed by atoms with van der Waals surface area (Å²) in [6.07, 6.45) is 3.10. The van der Waals surface area contributed by atoms with Crippen molar-refractivity contribution in [1.82, 2.24) is 0 Å². The third kappa shape index (κ3) is 8.09. The maximum absolute atomic E-state index is 11.5. The van der Waals surface area contributed by atoms with Crippen molar-refractivity contribution >= 4 is 56.0 Å². The standard InChI is InChI=1S/C24H21IO6S2/c1-33(28,29)31-19-9-5-8-18(14-19)21(17-6-3-2-4-7-17)12-13-32-20-10-11-23(22(25)15-20)30-16-24(26)27/h2-12,14-15H,13,16H2,1H3,(H,26,27). The lowest BCUT2D eigenvalue weighted by Crippen LogP contribution is -2.10. The van der Waals surface area contributed by atoms with E-state index in [2.05, 4.69) is 28.7 Å². The van der Waals surface area contributed by atoms with Crippen LogP contribution in [-0.2, 0) is 14.9 Å². The Morgan fingerprint density at radius 1 is 1.03 bits per heavy atom.